The zero-order chi connectivity index (χ0) is 15.1. The number of nitrogens with one attached hydrogen (secondary N) is 1. The fourth-order valence-electron chi connectivity index (χ4n) is 3.18. The summed E-state index contributed by atoms with van der Waals surface area (Å²) >= 11 is 0. The largest absolute Gasteiger partial charge is 0.480 e. The van der Waals surface area contributed by atoms with Crippen LogP contribution in [0, 0.1) is 11.8 Å². The number of hydrogen-bond donors (Lipinski definition) is 2. The molecule has 0 aromatic carbocycles. The molecule has 0 aromatic rings. The molecule has 1 aliphatic carbocycles. The Morgan fingerprint density at radius 2 is 1.90 bits per heavy atom. The SMILES string of the molecule is CC1CCC2(CC1)NC(=O)N(C(C(=O)O)C(C)C)C2=O. The first-order valence-corrected chi connectivity index (χ1v) is 7.17. The molecule has 1 saturated heterocycles. The fraction of sp³-hybridized carbons (Fsp3) is 0.786. The van der Waals surface area contributed by atoms with Crippen LogP contribution in [0.25, 0.3) is 0 Å². The van der Waals surface area contributed by atoms with E-state index in [-0.39, 0.29) is 11.8 Å². The summed E-state index contributed by atoms with van der Waals surface area (Å²) < 4.78 is 0. The van der Waals surface area contributed by atoms with Gasteiger partial charge in [0, 0.05) is 0 Å². The van der Waals surface area contributed by atoms with Crippen molar-refractivity contribution in [2.24, 2.45) is 11.8 Å². The van der Waals surface area contributed by atoms with E-state index in [4.69, 9.17) is 0 Å². The molecule has 1 spiro atoms. The van der Waals surface area contributed by atoms with E-state index in [1.54, 1.807) is 13.8 Å². The third kappa shape index (κ3) is 2.27. The number of carbonyl (C=O) groups excluding carboxylic acids is 2. The van der Waals surface area contributed by atoms with Gasteiger partial charge >= 0.3 is 12.0 Å². The molecule has 0 aromatic heterocycles. The van der Waals surface area contributed by atoms with Gasteiger partial charge in [0.2, 0.25) is 0 Å². The number of hydrogen-bond acceptors (Lipinski definition) is 3. The summed E-state index contributed by atoms with van der Waals surface area (Å²) in [6.07, 6.45) is 2.94. The van der Waals surface area contributed by atoms with Gasteiger partial charge < -0.3 is 10.4 Å². The topological polar surface area (TPSA) is 86.7 Å². The second-order valence-electron chi connectivity index (χ2n) is 6.40. The molecule has 3 amide bonds. The van der Waals surface area contributed by atoms with Crippen LogP contribution in [0.4, 0.5) is 4.79 Å². The molecule has 0 bridgehead atoms. The van der Waals surface area contributed by atoms with Gasteiger partial charge in [0.15, 0.2) is 0 Å². The van der Waals surface area contributed by atoms with Gasteiger partial charge in [-0.2, -0.15) is 0 Å². The predicted molar refractivity (Wildman–Crippen MR) is 72.0 cm³/mol. The maximum absolute atomic E-state index is 12.6. The highest BCUT2D eigenvalue weighted by molar-refractivity contribution is 6.09. The van der Waals surface area contributed by atoms with Crippen molar-refractivity contribution >= 4 is 17.9 Å². The Morgan fingerprint density at radius 3 is 2.35 bits per heavy atom. The first kappa shape index (κ1) is 14.8. The molecule has 1 unspecified atom stereocenters. The van der Waals surface area contributed by atoms with Crippen molar-refractivity contribution in [2.45, 2.75) is 58.0 Å². The monoisotopic (exact) mass is 282 g/mol. The van der Waals surface area contributed by atoms with E-state index < -0.39 is 23.6 Å². The zero-order valence-corrected chi connectivity index (χ0v) is 12.2. The number of aliphatic carboxylic acids is 1. The Balaban J connectivity index is 2.27. The average molecular weight is 282 g/mol. The quantitative estimate of drug-likeness (QED) is 0.770. The van der Waals surface area contributed by atoms with Crippen molar-refractivity contribution in [3.8, 4) is 0 Å². The smallest absolute Gasteiger partial charge is 0.327 e. The highest BCUT2D eigenvalue weighted by atomic mass is 16.4. The molecule has 0 radical (unpaired) electrons. The third-order valence-corrected chi connectivity index (χ3v) is 4.48. The Morgan fingerprint density at radius 1 is 1.35 bits per heavy atom. The Bertz CT molecular complexity index is 438. The predicted octanol–water partition coefficient (Wildman–Crippen LogP) is 1.60. The number of nitrogens with zero attached hydrogens (tertiary/aromatic N) is 1. The molecule has 2 rings (SSSR count). The van der Waals surface area contributed by atoms with E-state index in [1.165, 1.54) is 0 Å². The van der Waals surface area contributed by atoms with E-state index in [1.807, 2.05) is 0 Å². The van der Waals surface area contributed by atoms with E-state index in [0.717, 1.165) is 17.7 Å². The van der Waals surface area contributed by atoms with E-state index in [2.05, 4.69) is 12.2 Å². The standard InChI is InChI=1S/C14H22N2O4/c1-8(2)10(11(17)18)16-12(19)14(15-13(16)20)6-4-9(3)5-7-14/h8-10H,4-7H2,1-3H3,(H,15,20)(H,17,18). The molecule has 112 valence electrons. The number of carbonyl (C=O) groups is 3. The number of carboxylic acids is 1. The van der Waals surface area contributed by atoms with Crippen LogP contribution in [0.15, 0.2) is 0 Å². The lowest BCUT2D eigenvalue weighted by molar-refractivity contribution is -0.150. The number of amides is 3. The van der Waals surface area contributed by atoms with Crippen molar-refractivity contribution in [1.82, 2.24) is 10.2 Å². The lowest BCUT2D eigenvalue weighted by Crippen LogP contribution is -2.52. The summed E-state index contributed by atoms with van der Waals surface area (Å²) in [5, 5.41) is 12.0. The zero-order valence-electron chi connectivity index (χ0n) is 12.2. The highest BCUT2D eigenvalue weighted by Gasteiger charge is 2.55. The van der Waals surface area contributed by atoms with Gasteiger partial charge in [-0.05, 0) is 37.5 Å². The minimum atomic E-state index is -1.13. The minimum absolute atomic E-state index is 0.320. The number of imide groups is 1. The molecule has 1 heterocycles. The van der Waals surface area contributed by atoms with Crippen molar-refractivity contribution < 1.29 is 19.5 Å². The summed E-state index contributed by atoms with van der Waals surface area (Å²) in [6, 6.07) is -1.66. The first-order chi connectivity index (χ1) is 9.28. The Hall–Kier alpha value is -1.59. The van der Waals surface area contributed by atoms with Crippen LogP contribution in [0.5, 0.6) is 0 Å². The lowest BCUT2D eigenvalue weighted by atomic mass is 9.77. The van der Waals surface area contributed by atoms with Crippen LogP contribution in [0.1, 0.15) is 46.5 Å². The summed E-state index contributed by atoms with van der Waals surface area (Å²) in [5.74, 6) is -1.28. The molecule has 1 atom stereocenters. The number of urea groups is 1. The maximum Gasteiger partial charge on any atom is 0.327 e. The molecule has 2 aliphatic rings. The molecule has 1 aliphatic heterocycles. The van der Waals surface area contributed by atoms with Crippen molar-refractivity contribution in [3.05, 3.63) is 0 Å². The first-order valence-electron chi connectivity index (χ1n) is 7.17. The van der Waals surface area contributed by atoms with Gasteiger partial charge in [0.05, 0.1) is 0 Å². The van der Waals surface area contributed by atoms with Gasteiger partial charge in [-0.15, -0.1) is 0 Å². The third-order valence-electron chi connectivity index (χ3n) is 4.48. The van der Waals surface area contributed by atoms with Gasteiger partial charge in [0.25, 0.3) is 5.91 Å². The van der Waals surface area contributed by atoms with Crippen molar-refractivity contribution in [1.29, 1.82) is 0 Å². The fourth-order valence-corrected chi connectivity index (χ4v) is 3.18. The minimum Gasteiger partial charge on any atom is -0.480 e. The molecule has 1 saturated carbocycles. The molecule has 6 heteroatoms. The van der Waals surface area contributed by atoms with Crippen molar-refractivity contribution in [2.75, 3.05) is 0 Å². The molecular formula is C14H22N2O4. The van der Waals surface area contributed by atoms with Gasteiger partial charge in [-0.25, -0.2) is 14.5 Å². The van der Waals surface area contributed by atoms with Crippen LogP contribution in [0.2, 0.25) is 0 Å². The van der Waals surface area contributed by atoms with Crippen LogP contribution in [-0.2, 0) is 9.59 Å². The Labute approximate surface area is 118 Å². The molecule has 2 N–H and O–H groups in total. The second kappa shape index (κ2) is 5.07. The molecule has 6 nitrogen and oxygen atoms in total. The average Bonchev–Trinajstić information content (AvgIpc) is 2.58. The summed E-state index contributed by atoms with van der Waals surface area (Å²) in [5.41, 5.74) is -0.869. The lowest BCUT2D eigenvalue weighted by Gasteiger charge is -2.34. The van der Waals surface area contributed by atoms with Crippen molar-refractivity contribution in [3.63, 3.8) is 0 Å². The number of rotatable bonds is 3. The Kier molecular flexibility index (Phi) is 3.75. The summed E-state index contributed by atoms with van der Waals surface area (Å²) in [6.45, 7) is 5.53. The molecule has 2 fully saturated rings. The van der Waals surface area contributed by atoms with Crippen LogP contribution < -0.4 is 5.32 Å². The van der Waals surface area contributed by atoms with Crippen LogP contribution in [0.3, 0.4) is 0 Å². The van der Waals surface area contributed by atoms with Gasteiger partial charge in [-0.3, -0.25) is 4.79 Å². The molecular weight excluding hydrogens is 260 g/mol. The molecule has 20 heavy (non-hydrogen) atoms. The van der Waals surface area contributed by atoms with E-state index in [9.17, 15) is 19.5 Å². The van der Waals surface area contributed by atoms with Gasteiger partial charge in [0.1, 0.15) is 11.6 Å². The second-order valence-corrected chi connectivity index (χ2v) is 6.40. The van der Waals surface area contributed by atoms with Crippen LogP contribution >= 0.6 is 0 Å². The number of carboxylic acid groups (broad SMARTS) is 1. The van der Waals surface area contributed by atoms with Gasteiger partial charge in [-0.1, -0.05) is 20.8 Å². The van der Waals surface area contributed by atoms with E-state index >= 15 is 0 Å². The van der Waals surface area contributed by atoms with E-state index in [0.29, 0.717) is 18.8 Å². The van der Waals surface area contributed by atoms with Crippen LogP contribution in [-0.4, -0.2) is 39.5 Å². The summed E-state index contributed by atoms with van der Waals surface area (Å²) in [7, 11) is 0. The highest BCUT2D eigenvalue weighted by Crippen LogP contribution is 2.37. The maximum atomic E-state index is 12.6. The normalized spacial score (nSPS) is 31.8. The summed E-state index contributed by atoms with van der Waals surface area (Å²) in [4.78, 5) is 37.0.